The van der Waals surface area contributed by atoms with E-state index in [2.05, 4.69) is 30.9 Å². The van der Waals surface area contributed by atoms with Crippen molar-refractivity contribution in [3.63, 3.8) is 0 Å². The zero-order chi connectivity index (χ0) is 27.5. The number of nitrogens with one attached hydrogen (secondary N) is 3. The van der Waals surface area contributed by atoms with Crippen molar-refractivity contribution in [1.29, 1.82) is 0 Å². The number of nitrogens with zero attached hydrogens (tertiary/aromatic N) is 3. The lowest BCUT2D eigenvalue weighted by atomic mass is 9.96. The first-order valence-electron chi connectivity index (χ1n) is 11.5. The molecule has 3 heterocycles. The van der Waals surface area contributed by atoms with Crippen LogP contribution in [0.25, 0.3) is 0 Å². The van der Waals surface area contributed by atoms with Gasteiger partial charge in [-0.05, 0) is 43.7 Å². The molecule has 0 saturated carbocycles. The lowest BCUT2D eigenvalue weighted by Gasteiger charge is -2.27. The van der Waals surface area contributed by atoms with E-state index in [1.807, 2.05) is 0 Å². The monoisotopic (exact) mass is 532 g/mol. The van der Waals surface area contributed by atoms with Crippen molar-refractivity contribution in [3.05, 3.63) is 76.9 Å². The minimum Gasteiger partial charge on any atom is -0.378 e. The lowest BCUT2D eigenvalue weighted by Crippen LogP contribution is -2.59. The number of benzene rings is 1. The Morgan fingerprint density at radius 2 is 1.82 bits per heavy atom. The van der Waals surface area contributed by atoms with Gasteiger partial charge in [-0.3, -0.25) is 14.6 Å². The second-order valence-electron chi connectivity index (χ2n) is 8.84. The summed E-state index contributed by atoms with van der Waals surface area (Å²) in [7, 11) is 0. The molecule has 38 heavy (non-hydrogen) atoms. The molecule has 0 aliphatic carbocycles. The zero-order valence-electron chi connectivity index (χ0n) is 20.4. The van der Waals surface area contributed by atoms with Crippen LogP contribution < -0.4 is 16.0 Å². The number of halogens is 4. The van der Waals surface area contributed by atoms with E-state index in [0.717, 1.165) is 12.1 Å². The topological polar surface area (TPSA) is 118 Å². The highest BCUT2D eigenvalue weighted by molar-refractivity contribution is 5.99. The maximum absolute atomic E-state index is 13.4. The molecule has 13 heteroatoms. The number of hydrogen-bond acceptors (Lipinski definition) is 7. The Morgan fingerprint density at radius 3 is 2.45 bits per heavy atom. The van der Waals surface area contributed by atoms with Crippen molar-refractivity contribution in [2.75, 3.05) is 18.5 Å². The van der Waals surface area contributed by atoms with Gasteiger partial charge in [0.05, 0.1) is 47.5 Å². The van der Waals surface area contributed by atoms with Gasteiger partial charge >= 0.3 is 6.18 Å². The van der Waals surface area contributed by atoms with Crippen molar-refractivity contribution in [2.45, 2.75) is 38.5 Å². The van der Waals surface area contributed by atoms with E-state index in [4.69, 9.17) is 4.74 Å². The molecule has 1 aliphatic rings. The second-order valence-corrected chi connectivity index (χ2v) is 8.84. The summed E-state index contributed by atoms with van der Waals surface area (Å²) in [6, 6.07) is 3.90. The SMILES string of the molecule is Cc1ncc(C(=O)NC2(C(=O)NCc3ncc(Nc4ccc(F)cc4C(F)(F)F)cc3C)CCOC2)cn1. The molecule has 3 N–H and O–H groups in total. The molecule has 1 aromatic carbocycles. The maximum atomic E-state index is 13.4. The van der Waals surface area contributed by atoms with Crippen molar-refractivity contribution in [3.8, 4) is 0 Å². The molecule has 1 saturated heterocycles. The van der Waals surface area contributed by atoms with Gasteiger partial charge in [0.2, 0.25) is 5.91 Å². The Labute approximate surface area is 215 Å². The van der Waals surface area contributed by atoms with E-state index in [-0.39, 0.29) is 43.1 Å². The largest absolute Gasteiger partial charge is 0.418 e. The van der Waals surface area contributed by atoms with Crippen LogP contribution in [0.15, 0.2) is 42.9 Å². The number of carbonyl (C=O) groups excluding carboxylic acids is 2. The summed E-state index contributed by atoms with van der Waals surface area (Å²) >= 11 is 0. The molecule has 2 amide bonds. The highest BCUT2D eigenvalue weighted by Gasteiger charge is 2.44. The molecule has 2 aromatic heterocycles. The zero-order valence-corrected chi connectivity index (χ0v) is 20.4. The van der Waals surface area contributed by atoms with Crippen LogP contribution in [0.5, 0.6) is 0 Å². The summed E-state index contributed by atoms with van der Waals surface area (Å²) < 4.78 is 58.7. The fourth-order valence-electron chi connectivity index (χ4n) is 3.90. The molecule has 1 atom stereocenters. The molecule has 0 bridgehead atoms. The quantitative estimate of drug-likeness (QED) is 0.398. The minimum atomic E-state index is -4.75. The fourth-order valence-corrected chi connectivity index (χ4v) is 3.90. The summed E-state index contributed by atoms with van der Waals surface area (Å²) in [6.45, 7) is 3.62. The number of aromatic nitrogens is 3. The van der Waals surface area contributed by atoms with Crippen LogP contribution in [0.3, 0.4) is 0 Å². The molecular weight excluding hydrogens is 508 g/mol. The van der Waals surface area contributed by atoms with Gasteiger partial charge in [-0.25, -0.2) is 14.4 Å². The number of hydrogen-bond donors (Lipinski definition) is 3. The predicted octanol–water partition coefficient (Wildman–Crippen LogP) is 3.60. The summed E-state index contributed by atoms with van der Waals surface area (Å²) in [5.74, 6) is -1.49. The van der Waals surface area contributed by atoms with E-state index in [0.29, 0.717) is 23.1 Å². The number of pyridine rings is 1. The van der Waals surface area contributed by atoms with Crippen LogP contribution in [0.1, 0.15) is 39.4 Å². The van der Waals surface area contributed by atoms with Gasteiger partial charge in [0.25, 0.3) is 5.91 Å². The average Bonchev–Trinajstić information content (AvgIpc) is 3.34. The van der Waals surface area contributed by atoms with E-state index in [1.165, 1.54) is 18.6 Å². The molecule has 1 aliphatic heterocycles. The lowest BCUT2D eigenvalue weighted by molar-refractivity contribution is -0.137. The van der Waals surface area contributed by atoms with E-state index in [1.54, 1.807) is 19.9 Å². The number of ether oxygens (including phenoxy) is 1. The molecule has 0 spiro atoms. The van der Waals surface area contributed by atoms with Gasteiger partial charge < -0.3 is 20.7 Å². The standard InChI is InChI=1S/C25H24F4N6O3/c1-14-7-18(34-20-4-3-17(26)8-19(20)25(27,28)29)11-32-21(14)12-33-23(37)24(5-6-38-13-24)35-22(36)16-9-30-15(2)31-10-16/h3-4,7-11,34H,5-6,12-13H2,1-2H3,(H,33,37)(H,35,36). The summed E-state index contributed by atoms with van der Waals surface area (Å²) in [5.41, 5.74) is -1.26. The van der Waals surface area contributed by atoms with Crippen molar-refractivity contribution in [1.82, 2.24) is 25.6 Å². The van der Waals surface area contributed by atoms with Gasteiger partial charge in [0, 0.05) is 25.4 Å². The van der Waals surface area contributed by atoms with E-state index >= 15 is 0 Å². The Bertz CT molecular complexity index is 1340. The van der Waals surface area contributed by atoms with E-state index < -0.39 is 34.9 Å². The van der Waals surface area contributed by atoms with Crippen LogP contribution in [0.2, 0.25) is 0 Å². The maximum Gasteiger partial charge on any atom is 0.418 e. The third kappa shape index (κ3) is 6.05. The smallest absolute Gasteiger partial charge is 0.378 e. The minimum absolute atomic E-state index is 0.000555. The number of carbonyl (C=O) groups is 2. The Morgan fingerprint density at radius 1 is 1.08 bits per heavy atom. The van der Waals surface area contributed by atoms with Gasteiger partial charge in [0.15, 0.2) is 0 Å². The molecular formula is C25H24F4N6O3. The molecule has 3 aromatic rings. The second kappa shape index (κ2) is 10.7. The molecule has 9 nitrogen and oxygen atoms in total. The first kappa shape index (κ1) is 26.9. The van der Waals surface area contributed by atoms with Gasteiger partial charge in [-0.2, -0.15) is 13.2 Å². The van der Waals surface area contributed by atoms with Crippen LogP contribution in [0.4, 0.5) is 28.9 Å². The Hall–Kier alpha value is -4.13. The summed E-state index contributed by atoms with van der Waals surface area (Å²) in [6.07, 6.45) is -0.451. The number of amides is 2. The van der Waals surface area contributed by atoms with Crippen molar-refractivity contribution >= 4 is 23.2 Å². The number of alkyl halides is 3. The number of rotatable bonds is 7. The van der Waals surface area contributed by atoms with Gasteiger partial charge in [-0.15, -0.1) is 0 Å². The normalized spacial score (nSPS) is 17.2. The van der Waals surface area contributed by atoms with Crippen LogP contribution >= 0.6 is 0 Å². The van der Waals surface area contributed by atoms with Crippen molar-refractivity contribution in [2.24, 2.45) is 0 Å². The molecule has 200 valence electrons. The fraction of sp³-hybridized carbons (Fsp3) is 0.320. The predicted molar refractivity (Wildman–Crippen MR) is 128 cm³/mol. The molecule has 4 rings (SSSR count). The Balaban J connectivity index is 1.44. The average molecular weight is 532 g/mol. The summed E-state index contributed by atoms with van der Waals surface area (Å²) in [4.78, 5) is 38.1. The van der Waals surface area contributed by atoms with Gasteiger partial charge in [0.1, 0.15) is 17.2 Å². The molecule has 1 fully saturated rings. The first-order valence-corrected chi connectivity index (χ1v) is 11.5. The molecule has 0 radical (unpaired) electrons. The van der Waals surface area contributed by atoms with Crippen LogP contribution in [-0.2, 0) is 22.3 Å². The first-order chi connectivity index (χ1) is 18.0. The third-order valence-corrected chi connectivity index (χ3v) is 6.02. The number of aryl methyl sites for hydroxylation is 2. The number of anilines is 2. The van der Waals surface area contributed by atoms with Gasteiger partial charge in [-0.1, -0.05) is 0 Å². The van der Waals surface area contributed by atoms with Crippen LogP contribution in [-0.4, -0.2) is 45.5 Å². The highest BCUT2D eigenvalue weighted by atomic mass is 19.4. The molecule has 1 unspecified atom stereocenters. The van der Waals surface area contributed by atoms with Crippen molar-refractivity contribution < 1.29 is 31.9 Å². The summed E-state index contributed by atoms with van der Waals surface area (Å²) in [5, 5.41) is 8.11. The Kier molecular flexibility index (Phi) is 7.58. The highest BCUT2D eigenvalue weighted by Crippen LogP contribution is 2.36. The van der Waals surface area contributed by atoms with E-state index in [9.17, 15) is 27.2 Å². The third-order valence-electron chi connectivity index (χ3n) is 6.02. The van der Waals surface area contributed by atoms with Crippen LogP contribution in [0, 0.1) is 19.7 Å².